The predicted octanol–water partition coefficient (Wildman–Crippen LogP) is 1.37. The highest BCUT2D eigenvalue weighted by Crippen LogP contribution is 2.11. The molecule has 0 saturated carbocycles. The van der Waals surface area contributed by atoms with Crippen LogP contribution in [-0.2, 0) is 11.3 Å². The van der Waals surface area contributed by atoms with Gasteiger partial charge in [0.2, 0.25) is 0 Å². The van der Waals surface area contributed by atoms with E-state index in [0.717, 1.165) is 24.3 Å². The molecule has 1 aliphatic rings. The summed E-state index contributed by atoms with van der Waals surface area (Å²) in [5.74, 6) is 1.11. The molecule has 0 aromatic carbocycles. The number of fused-ring (bicyclic) bond motifs is 1. The number of nitrogens with two attached hydrogens (primary N) is 1. The molecule has 0 bridgehead atoms. The van der Waals surface area contributed by atoms with Crippen LogP contribution >= 0.6 is 24.0 Å². The first-order valence-electron chi connectivity index (χ1n) is 8.44. The fourth-order valence-electron chi connectivity index (χ4n) is 2.83. The van der Waals surface area contributed by atoms with Gasteiger partial charge in [-0.2, -0.15) is 0 Å². The maximum atomic E-state index is 11.7. The van der Waals surface area contributed by atoms with Crippen molar-refractivity contribution in [1.82, 2.24) is 24.8 Å². The van der Waals surface area contributed by atoms with E-state index in [1.54, 1.807) is 4.90 Å². The minimum Gasteiger partial charge on any atom is -0.450 e. The molecule has 1 aliphatic heterocycles. The van der Waals surface area contributed by atoms with Crippen molar-refractivity contribution in [2.24, 2.45) is 10.7 Å². The van der Waals surface area contributed by atoms with E-state index >= 15 is 0 Å². The Balaban J connectivity index is 0.00000243. The van der Waals surface area contributed by atoms with Crippen molar-refractivity contribution in [2.45, 2.75) is 32.4 Å². The average molecular weight is 473 g/mol. The number of aromatic nitrogens is 3. The van der Waals surface area contributed by atoms with Crippen molar-refractivity contribution in [2.75, 3.05) is 19.7 Å². The quantitative estimate of drug-likeness (QED) is 0.395. The largest absolute Gasteiger partial charge is 0.450 e. The molecule has 2 aromatic rings. The Morgan fingerprint density at radius 3 is 2.88 bits per heavy atom. The van der Waals surface area contributed by atoms with Crippen LogP contribution < -0.4 is 11.1 Å². The third-order valence-corrected chi connectivity index (χ3v) is 4.15. The Morgan fingerprint density at radius 2 is 2.15 bits per heavy atom. The van der Waals surface area contributed by atoms with Gasteiger partial charge in [-0.05, 0) is 31.9 Å². The molecule has 3 rings (SSSR count). The van der Waals surface area contributed by atoms with Gasteiger partial charge in [0, 0.05) is 25.3 Å². The molecule has 1 saturated heterocycles. The molecule has 0 unspecified atom stereocenters. The molecule has 2 aromatic heterocycles. The molecule has 142 valence electrons. The van der Waals surface area contributed by atoms with E-state index in [4.69, 9.17) is 10.5 Å². The Morgan fingerprint density at radius 1 is 1.38 bits per heavy atom. The van der Waals surface area contributed by atoms with Crippen LogP contribution in [0.3, 0.4) is 0 Å². The highest BCUT2D eigenvalue weighted by atomic mass is 127. The van der Waals surface area contributed by atoms with E-state index in [0.29, 0.717) is 32.2 Å². The van der Waals surface area contributed by atoms with Crippen molar-refractivity contribution in [3.8, 4) is 0 Å². The monoisotopic (exact) mass is 473 g/mol. The molecular weight excluding hydrogens is 449 g/mol. The van der Waals surface area contributed by atoms with Gasteiger partial charge in [-0.3, -0.25) is 4.40 Å². The van der Waals surface area contributed by atoms with E-state index in [1.165, 1.54) is 0 Å². The van der Waals surface area contributed by atoms with Gasteiger partial charge in [-0.25, -0.2) is 9.79 Å². The van der Waals surface area contributed by atoms with Crippen molar-refractivity contribution < 1.29 is 9.53 Å². The molecule has 0 atom stereocenters. The van der Waals surface area contributed by atoms with Crippen molar-refractivity contribution in [1.29, 1.82) is 0 Å². The maximum absolute atomic E-state index is 11.7. The Bertz CT molecular complexity index is 756. The Kier molecular flexibility index (Phi) is 7.42. The number of carbonyl (C=O) groups is 1. The highest BCUT2D eigenvalue weighted by molar-refractivity contribution is 14.0. The molecule has 0 spiro atoms. The van der Waals surface area contributed by atoms with E-state index in [2.05, 4.69) is 20.5 Å². The van der Waals surface area contributed by atoms with Crippen LogP contribution in [0.1, 0.15) is 25.6 Å². The highest BCUT2D eigenvalue weighted by Gasteiger charge is 2.23. The van der Waals surface area contributed by atoms with Gasteiger partial charge >= 0.3 is 6.09 Å². The number of hydrogen-bond acceptors (Lipinski definition) is 5. The summed E-state index contributed by atoms with van der Waals surface area (Å²) in [5, 5.41) is 11.4. The molecule has 9 nitrogen and oxygen atoms in total. The van der Waals surface area contributed by atoms with Gasteiger partial charge in [0.25, 0.3) is 0 Å². The number of hydrogen-bond donors (Lipinski definition) is 2. The molecule has 1 fully saturated rings. The topological polar surface area (TPSA) is 110 Å². The maximum Gasteiger partial charge on any atom is 0.409 e. The van der Waals surface area contributed by atoms with E-state index in [9.17, 15) is 4.79 Å². The summed E-state index contributed by atoms with van der Waals surface area (Å²) in [6, 6.07) is 5.92. The molecule has 10 heteroatoms. The standard InChI is InChI=1S/C16H23N7O2.HI/c1-2-25-16(24)22-9-6-12(7-10-22)19-15(17)18-11-14-21-20-13-5-3-4-8-23(13)14;/h3-5,8,12H,2,6-7,9-11H2,1H3,(H3,17,18,19);1H. The normalized spacial score (nSPS) is 15.6. The number of piperidine rings is 1. The van der Waals surface area contributed by atoms with Crippen LogP contribution in [0, 0.1) is 0 Å². The lowest BCUT2D eigenvalue weighted by Crippen LogP contribution is -2.48. The van der Waals surface area contributed by atoms with Crippen molar-refractivity contribution in [3.63, 3.8) is 0 Å². The zero-order chi connectivity index (χ0) is 17.6. The van der Waals surface area contributed by atoms with Crippen LogP contribution in [0.25, 0.3) is 5.65 Å². The number of pyridine rings is 1. The van der Waals surface area contributed by atoms with Crippen LogP contribution in [-0.4, -0.2) is 57.3 Å². The zero-order valence-electron chi connectivity index (χ0n) is 14.7. The first-order chi connectivity index (χ1) is 12.2. The number of nitrogens with one attached hydrogen (secondary N) is 1. The molecule has 1 amide bonds. The van der Waals surface area contributed by atoms with E-state index in [-0.39, 0.29) is 36.1 Å². The number of likely N-dealkylation sites (tertiary alicyclic amines) is 1. The summed E-state index contributed by atoms with van der Waals surface area (Å²) >= 11 is 0. The van der Waals surface area contributed by atoms with E-state index < -0.39 is 0 Å². The van der Waals surface area contributed by atoms with Gasteiger partial charge < -0.3 is 20.7 Å². The minimum absolute atomic E-state index is 0. The number of guanidine groups is 1. The van der Waals surface area contributed by atoms with Gasteiger partial charge in [0.05, 0.1) is 6.61 Å². The molecule has 3 heterocycles. The van der Waals surface area contributed by atoms with Crippen molar-refractivity contribution >= 4 is 41.7 Å². The lowest BCUT2D eigenvalue weighted by atomic mass is 10.1. The number of rotatable bonds is 4. The molecule has 0 radical (unpaired) electrons. The van der Waals surface area contributed by atoms with E-state index in [1.807, 2.05) is 35.7 Å². The SMILES string of the molecule is CCOC(=O)N1CCC(NC(N)=NCc2nnc3ccccn23)CC1.I. The van der Waals surface area contributed by atoms with Crippen LogP contribution in [0.2, 0.25) is 0 Å². The predicted molar refractivity (Wildman–Crippen MR) is 108 cm³/mol. The smallest absolute Gasteiger partial charge is 0.409 e. The van der Waals surface area contributed by atoms with Gasteiger partial charge in [-0.15, -0.1) is 34.2 Å². The fraction of sp³-hybridized carbons (Fsp3) is 0.500. The number of nitrogens with zero attached hydrogens (tertiary/aromatic N) is 5. The van der Waals surface area contributed by atoms with Gasteiger partial charge in [0.1, 0.15) is 6.54 Å². The van der Waals surface area contributed by atoms with Crippen molar-refractivity contribution in [3.05, 3.63) is 30.2 Å². The lowest BCUT2D eigenvalue weighted by molar-refractivity contribution is 0.0963. The zero-order valence-corrected chi connectivity index (χ0v) is 17.0. The second-order valence-corrected chi connectivity index (χ2v) is 5.85. The fourth-order valence-corrected chi connectivity index (χ4v) is 2.83. The number of aliphatic imine (C=N–C) groups is 1. The number of amides is 1. The molecular formula is C16H24IN7O2. The molecule has 0 aliphatic carbocycles. The first kappa shape index (κ1) is 20.2. The summed E-state index contributed by atoms with van der Waals surface area (Å²) in [4.78, 5) is 17.8. The second-order valence-electron chi connectivity index (χ2n) is 5.85. The first-order valence-corrected chi connectivity index (χ1v) is 8.44. The molecule has 26 heavy (non-hydrogen) atoms. The Labute approximate surface area is 169 Å². The van der Waals surface area contributed by atoms with Gasteiger partial charge in [-0.1, -0.05) is 6.07 Å². The lowest BCUT2D eigenvalue weighted by Gasteiger charge is -2.31. The summed E-state index contributed by atoms with van der Waals surface area (Å²) in [7, 11) is 0. The molecule has 3 N–H and O–H groups in total. The van der Waals surface area contributed by atoms with Crippen LogP contribution in [0.15, 0.2) is 29.4 Å². The third-order valence-electron chi connectivity index (χ3n) is 4.15. The summed E-state index contributed by atoms with van der Waals surface area (Å²) in [6.45, 7) is 3.86. The number of ether oxygens (including phenoxy) is 1. The van der Waals surface area contributed by atoms with Crippen LogP contribution in [0.5, 0.6) is 0 Å². The Hall–Kier alpha value is -2.11. The summed E-state index contributed by atoms with van der Waals surface area (Å²) < 4.78 is 6.90. The second kappa shape index (κ2) is 9.55. The minimum atomic E-state index is -0.249. The van der Waals surface area contributed by atoms with Crippen LogP contribution in [0.4, 0.5) is 4.79 Å². The summed E-state index contributed by atoms with van der Waals surface area (Å²) in [6.07, 6.45) is 3.27. The average Bonchev–Trinajstić information content (AvgIpc) is 3.04. The third kappa shape index (κ3) is 4.96. The number of carbonyl (C=O) groups excluding carboxylic acids is 1. The number of halogens is 1. The summed E-state index contributed by atoms with van der Waals surface area (Å²) in [5.41, 5.74) is 6.77. The van der Waals surface area contributed by atoms with Gasteiger partial charge in [0.15, 0.2) is 17.4 Å².